The van der Waals surface area contributed by atoms with E-state index in [0.717, 1.165) is 24.4 Å². The van der Waals surface area contributed by atoms with E-state index in [9.17, 15) is 4.79 Å². The van der Waals surface area contributed by atoms with Crippen molar-refractivity contribution < 1.29 is 4.79 Å². The minimum Gasteiger partial charge on any atom is -0.346 e. The van der Waals surface area contributed by atoms with Gasteiger partial charge in [-0.25, -0.2) is 0 Å². The van der Waals surface area contributed by atoms with E-state index in [4.69, 9.17) is 0 Å². The highest BCUT2D eigenvalue weighted by molar-refractivity contribution is 5.76. The molecule has 0 saturated carbocycles. The molecule has 0 aromatic carbocycles. The van der Waals surface area contributed by atoms with Gasteiger partial charge in [0, 0.05) is 25.4 Å². The van der Waals surface area contributed by atoms with Crippen LogP contribution in [0, 0.1) is 0 Å². The monoisotopic (exact) mass is 287 g/mol. The number of aromatic nitrogens is 4. The van der Waals surface area contributed by atoms with Crippen LogP contribution in [0.2, 0.25) is 0 Å². The van der Waals surface area contributed by atoms with Gasteiger partial charge in [-0.3, -0.25) is 9.78 Å². The number of carbonyl (C=O) groups excluding carboxylic acids is 1. The SMILES string of the molecule is CCCn1cnnc1[C@@H](C)NC(=O)CCc1ccncc1. The summed E-state index contributed by atoms with van der Waals surface area (Å²) in [6, 6.07) is 3.72. The number of amides is 1. The van der Waals surface area contributed by atoms with Gasteiger partial charge in [0.2, 0.25) is 5.91 Å². The Kier molecular flexibility index (Phi) is 5.43. The molecule has 0 aliphatic heterocycles. The Labute approximate surface area is 124 Å². The lowest BCUT2D eigenvalue weighted by atomic mass is 10.1. The van der Waals surface area contributed by atoms with Crippen LogP contribution < -0.4 is 5.32 Å². The largest absolute Gasteiger partial charge is 0.346 e. The molecule has 0 fully saturated rings. The fourth-order valence-electron chi connectivity index (χ4n) is 2.20. The topological polar surface area (TPSA) is 72.7 Å². The molecule has 0 unspecified atom stereocenters. The highest BCUT2D eigenvalue weighted by Gasteiger charge is 2.15. The Hall–Kier alpha value is -2.24. The molecule has 2 aromatic rings. The van der Waals surface area contributed by atoms with Crippen molar-refractivity contribution >= 4 is 5.91 Å². The van der Waals surface area contributed by atoms with Crippen LogP contribution in [0.3, 0.4) is 0 Å². The van der Waals surface area contributed by atoms with E-state index >= 15 is 0 Å². The van der Waals surface area contributed by atoms with Crippen molar-refractivity contribution in [2.75, 3.05) is 0 Å². The van der Waals surface area contributed by atoms with E-state index in [1.807, 2.05) is 23.6 Å². The van der Waals surface area contributed by atoms with Gasteiger partial charge in [-0.15, -0.1) is 10.2 Å². The molecule has 0 spiro atoms. The van der Waals surface area contributed by atoms with Gasteiger partial charge in [-0.1, -0.05) is 6.92 Å². The van der Waals surface area contributed by atoms with Crippen molar-refractivity contribution in [3.05, 3.63) is 42.2 Å². The van der Waals surface area contributed by atoms with Gasteiger partial charge in [-0.05, 0) is 37.5 Å². The summed E-state index contributed by atoms with van der Waals surface area (Å²) in [5.41, 5.74) is 1.11. The maximum atomic E-state index is 12.0. The number of pyridine rings is 1. The molecule has 0 saturated heterocycles. The van der Waals surface area contributed by atoms with Gasteiger partial charge < -0.3 is 9.88 Å². The first-order chi connectivity index (χ1) is 10.2. The summed E-state index contributed by atoms with van der Waals surface area (Å²) in [6.07, 6.45) is 7.36. The van der Waals surface area contributed by atoms with E-state index in [0.29, 0.717) is 12.8 Å². The zero-order chi connectivity index (χ0) is 15.1. The van der Waals surface area contributed by atoms with Crippen LogP contribution in [0.1, 0.15) is 44.1 Å². The van der Waals surface area contributed by atoms with Crippen LogP contribution in [0.4, 0.5) is 0 Å². The Morgan fingerprint density at radius 1 is 1.38 bits per heavy atom. The second kappa shape index (κ2) is 7.52. The molecule has 2 rings (SSSR count). The van der Waals surface area contributed by atoms with Crippen LogP contribution in [-0.4, -0.2) is 25.7 Å². The fraction of sp³-hybridized carbons (Fsp3) is 0.467. The smallest absolute Gasteiger partial charge is 0.220 e. The standard InChI is InChI=1S/C15H21N5O/c1-3-10-20-11-17-19-15(20)12(2)18-14(21)5-4-13-6-8-16-9-7-13/h6-9,11-12H,3-5,10H2,1-2H3,(H,18,21)/t12-/m1/s1. The molecular formula is C15H21N5O. The van der Waals surface area contributed by atoms with Crippen LogP contribution >= 0.6 is 0 Å². The van der Waals surface area contributed by atoms with Crippen molar-refractivity contribution in [1.29, 1.82) is 0 Å². The molecule has 1 N–H and O–H groups in total. The van der Waals surface area contributed by atoms with E-state index < -0.39 is 0 Å². The number of nitrogens with one attached hydrogen (secondary N) is 1. The Morgan fingerprint density at radius 3 is 2.86 bits per heavy atom. The second-order valence-electron chi connectivity index (χ2n) is 5.03. The fourth-order valence-corrected chi connectivity index (χ4v) is 2.20. The van der Waals surface area contributed by atoms with Crippen LogP contribution in [0.15, 0.2) is 30.9 Å². The van der Waals surface area contributed by atoms with Crippen molar-refractivity contribution in [1.82, 2.24) is 25.1 Å². The lowest BCUT2D eigenvalue weighted by Crippen LogP contribution is -2.28. The van der Waals surface area contributed by atoms with Crippen molar-refractivity contribution in [2.45, 2.75) is 45.7 Å². The third kappa shape index (κ3) is 4.37. The number of hydrogen-bond acceptors (Lipinski definition) is 4. The average molecular weight is 287 g/mol. The van der Waals surface area contributed by atoms with E-state index in [1.165, 1.54) is 0 Å². The Balaban J connectivity index is 1.85. The summed E-state index contributed by atoms with van der Waals surface area (Å²) in [5, 5.41) is 11.0. The quantitative estimate of drug-likeness (QED) is 0.844. The first-order valence-electron chi connectivity index (χ1n) is 7.26. The van der Waals surface area contributed by atoms with Crippen molar-refractivity contribution in [2.24, 2.45) is 0 Å². The molecule has 21 heavy (non-hydrogen) atoms. The number of carbonyl (C=O) groups is 1. The zero-order valence-corrected chi connectivity index (χ0v) is 12.5. The molecular weight excluding hydrogens is 266 g/mol. The summed E-state index contributed by atoms with van der Waals surface area (Å²) in [5.74, 6) is 0.819. The lowest BCUT2D eigenvalue weighted by Gasteiger charge is -2.14. The first-order valence-corrected chi connectivity index (χ1v) is 7.26. The van der Waals surface area contributed by atoms with Crippen LogP contribution in [-0.2, 0) is 17.8 Å². The van der Waals surface area contributed by atoms with Gasteiger partial charge in [0.1, 0.15) is 6.33 Å². The maximum Gasteiger partial charge on any atom is 0.220 e. The lowest BCUT2D eigenvalue weighted by molar-refractivity contribution is -0.121. The van der Waals surface area contributed by atoms with Crippen molar-refractivity contribution in [3.63, 3.8) is 0 Å². The van der Waals surface area contributed by atoms with Crippen LogP contribution in [0.25, 0.3) is 0 Å². The van der Waals surface area contributed by atoms with Crippen LogP contribution in [0.5, 0.6) is 0 Å². The molecule has 6 nitrogen and oxygen atoms in total. The predicted octanol–water partition coefficient (Wildman–Crippen LogP) is 1.89. The second-order valence-corrected chi connectivity index (χ2v) is 5.03. The third-order valence-electron chi connectivity index (χ3n) is 3.26. The van der Waals surface area contributed by atoms with E-state index in [-0.39, 0.29) is 11.9 Å². The molecule has 0 bridgehead atoms. The number of hydrogen-bond donors (Lipinski definition) is 1. The maximum absolute atomic E-state index is 12.0. The Morgan fingerprint density at radius 2 is 2.14 bits per heavy atom. The minimum absolute atomic E-state index is 0.0189. The molecule has 2 heterocycles. The highest BCUT2D eigenvalue weighted by atomic mass is 16.1. The molecule has 112 valence electrons. The normalized spacial score (nSPS) is 12.1. The molecule has 0 aliphatic rings. The molecule has 1 atom stereocenters. The van der Waals surface area contributed by atoms with Gasteiger partial charge in [-0.2, -0.15) is 0 Å². The predicted molar refractivity (Wildman–Crippen MR) is 79.4 cm³/mol. The molecule has 2 aromatic heterocycles. The number of nitrogens with zero attached hydrogens (tertiary/aromatic N) is 4. The number of aryl methyl sites for hydroxylation is 2. The summed E-state index contributed by atoms with van der Waals surface area (Å²) < 4.78 is 1.98. The Bertz CT molecular complexity index is 566. The average Bonchev–Trinajstić information content (AvgIpc) is 2.95. The number of rotatable bonds is 7. The summed E-state index contributed by atoms with van der Waals surface area (Å²) in [6.45, 7) is 4.89. The molecule has 0 aliphatic carbocycles. The molecule has 1 amide bonds. The highest BCUT2D eigenvalue weighted by Crippen LogP contribution is 2.10. The molecule has 6 heteroatoms. The summed E-state index contributed by atoms with van der Waals surface area (Å²) in [4.78, 5) is 16.0. The summed E-state index contributed by atoms with van der Waals surface area (Å²) >= 11 is 0. The van der Waals surface area contributed by atoms with Gasteiger partial charge in [0.15, 0.2) is 5.82 Å². The first kappa shape index (κ1) is 15.2. The van der Waals surface area contributed by atoms with Gasteiger partial charge in [0.25, 0.3) is 0 Å². The third-order valence-corrected chi connectivity index (χ3v) is 3.26. The van der Waals surface area contributed by atoms with Gasteiger partial charge >= 0.3 is 0 Å². The molecule has 0 radical (unpaired) electrons. The van der Waals surface area contributed by atoms with Gasteiger partial charge in [0.05, 0.1) is 6.04 Å². The minimum atomic E-state index is -0.135. The summed E-state index contributed by atoms with van der Waals surface area (Å²) in [7, 11) is 0. The van der Waals surface area contributed by atoms with E-state index in [2.05, 4.69) is 27.4 Å². The van der Waals surface area contributed by atoms with E-state index in [1.54, 1.807) is 18.7 Å². The zero-order valence-electron chi connectivity index (χ0n) is 12.5. The van der Waals surface area contributed by atoms with Crippen molar-refractivity contribution in [3.8, 4) is 0 Å².